The van der Waals surface area contributed by atoms with Gasteiger partial charge in [-0.2, -0.15) is 0 Å². The highest BCUT2D eigenvalue weighted by Crippen LogP contribution is 2.52. The molecule has 0 N–H and O–H groups in total. The molecule has 1 aromatic carbocycles. The molecular formula is C14H16Cl2O. The minimum Gasteiger partial charge on any atom is -0.294 e. The number of hydrogen-bond acceptors (Lipinski definition) is 1. The Morgan fingerprint density at radius 3 is 2.35 bits per heavy atom. The van der Waals surface area contributed by atoms with Crippen molar-refractivity contribution in [2.24, 2.45) is 17.3 Å². The van der Waals surface area contributed by atoms with Gasteiger partial charge in [-0.3, -0.25) is 4.79 Å². The molecule has 1 nitrogen and oxygen atoms in total. The third-order valence-corrected chi connectivity index (χ3v) is 4.18. The lowest BCUT2D eigenvalue weighted by atomic mass is 9.87. The van der Waals surface area contributed by atoms with Gasteiger partial charge in [-0.25, -0.2) is 0 Å². The summed E-state index contributed by atoms with van der Waals surface area (Å²) in [6.45, 7) is 6.54. The van der Waals surface area contributed by atoms with E-state index in [0.717, 1.165) is 6.42 Å². The summed E-state index contributed by atoms with van der Waals surface area (Å²) >= 11 is 11.8. The van der Waals surface area contributed by atoms with Gasteiger partial charge in [-0.1, -0.05) is 44.0 Å². The van der Waals surface area contributed by atoms with Crippen LogP contribution in [0, 0.1) is 17.3 Å². The molecule has 0 aliphatic heterocycles. The van der Waals surface area contributed by atoms with Crippen LogP contribution in [0.3, 0.4) is 0 Å². The van der Waals surface area contributed by atoms with Crippen LogP contribution >= 0.6 is 23.2 Å². The lowest BCUT2D eigenvalue weighted by Gasteiger charge is -2.17. The summed E-state index contributed by atoms with van der Waals surface area (Å²) in [7, 11) is 0. The van der Waals surface area contributed by atoms with E-state index < -0.39 is 0 Å². The Hall–Kier alpha value is -0.530. The molecule has 2 unspecified atom stereocenters. The molecule has 0 bridgehead atoms. The second-order valence-corrected chi connectivity index (χ2v) is 6.62. The first-order valence-electron chi connectivity index (χ1n) is 5.80. The normalized spacial score (nSPS) is 23.6. The van der Waals surface area contributed by atoms with Gasteiger partial charge >= 0.3 is 0 Å². The molecule has 17 heavy (non-hydrogen) atoms. The molecule has 1 fully saturated rings. The van der Waals surface area contributed by atoms with Gasteiger partial charge in [0.25, 0.3) is 0 Å². The summed E-state index contributed by atoms with van der Waals surface area (Å²) in [5, 5.41) is 0.942. The monoisotopic (exact) mass is 270 g/mol. The topological polar surface area (TPSA) is 17.1 Å². The molecule has 0 radical (unpaired) electrons. The summed E-state index contributed by atoms with van der Waals surface area (Å²) in [6, 6.07) is 5.12. The first-order chi connectivity index (χ1) is 7.80. The van der Waals surface area contributed by atoms with Crippen LogP contribution in [0.5, 0.6) is 0 Å². The van der Waals surface area contributed by atoms with Gasteiger partial charge in [0, 0.05) is 11.5 Å². The highest BCUT2D eigenvalue weighted by molar-refractivity contribution is 6.42. The van der Waals surface area contributed by atoms with Gasteiger partial charge in [-0.05, 0) is 36.0 Å². The van der Waals surface area contributed by atoms with Gasteiger partial charge in [-0.15, -0.1) is 0 Å². The van der Waals surface area contributed by atoms with E-state index in [4.69, 9.17) is 23.2 Å². The Morgan fingerprint density at radius 2 is 1.88 bits per heavy atom. The van der Waals surface area contributed by atoms with E-state index in [9.17, 15) is 4.79 Å². The standard InChI is InChI=1S/C14H16Cl2O/c1-14(2,3)10-7-9(10)13(17)8-4-5-11(15)12(16)6-8/h4-6,9-10H,7H2,1-3H3. The lowest BCUT2D eigenvalue weighted by molar-refractivity contribution is 0.0949. The van der Waals surface area contributed by atoms with Crippen LogP contribution in [0.2, 0.25) is 10.0 Å². The third kappa shape index (κ3) is 2.66. The van der Waals surface area contributed by atoms with Crippen LogP contribution < -0.4 is 0 Å². The number of ketones is 1. The van der Waals surface area contributed by atoms with Crippen molar-refractivity contribution >= 4 is 29.0 Å². The molecular weight excluding hydrogens is 255 g/mol. The second kappa shape index (κ2) is 4.29. The zero-order valence-corrected chi connectivity index (χ0v) is 11.8. The van der Waals surface area contributed by atoms with E-state index in [1.807, 2.05) is 0 Å². The van der Waals surface area contributed by atoms with Crippen molar-refractivity contribution in [2.45, 2.75) is 27.2 Å². The maximum atomic E-state index is 12.2. The lowest BCUT2D eigenvalue weighted by Crippen LogP contribution is -2.13. The summed E-state index contributed by atoms with van der Waals surface area (Å²) < 4.78 is 0. The molecule has 2 rings (SSSR count). The maximum absolute atomic E-state index is 12.2. The summed E-state index contributed by atoms with van der Waals surface area (Å²) in [6.07, 6.45) is 0.989. The quantitative estimate of drug-likeness (QED) is 0.702. The van der Waals surface area contributed by atoms with Crippen LogP contribution in [0.15, 0.2) is 18.2 Å². The molecule has 1 aromatic rings. The summed E-state index contributed by atoms with van der Waals surface area (Å²) in [5.74, 6) is 0.847. The fraction of sp³-hybridized carbons (Fsp3) is 0.500. The van der Waals surface area contributed by atoms with Crippen molar-refractivity contribution in [1.29, 1.82) is 0 Å². The Morgan fingerprint density at radius 1 is 1.24 bits per heavy atom. The van der Waals surface area contributed by atoms with Crippen LogP contribution in [-0.4, -0.2) is 5.78 Å². The number of carbonyl (C=O) groups is 1. The van der Waals surface area contributed by atoms with E-state index >= 15 is 0 Å². The zero-order chi connectivity index (χ0) is 12.8. The largest absolute Gasteiger partial charge is 0.294 e. The number of benzene rings is 1. The molecule has 0 heterocycles. The van der Waals surface area contributed by atoms with E-state index in [1.54, 1.807) is 18.2 Å². The number of Topliss-reactive ketones (excluding diaryl/α,β-unsaturated/α-hetero) is 1. The fourth-order valence-electron chi connectivity index (χ4n) is 2.31. The van der Waals surface area contributed by atoms with E-state index in [0.29, 0.717) is 21.5 Å². The fourth-order valence-corrected chi connectivity index (χ4v) is 2.60. The molecule has 0 saturated heterocycles. The molecule has 0 aromatic heterocycles. The molecule has 0 amide bonds. The highest BCUT2D eigenvalue weighted by atomic mass is 35.5. The first kappa shape index (κ1) is 12.9. The van der Waals surface area contributed by atoms with Crippen molar-refractivity contribution in [3.05, 3.63) is 33.8 Å². The maximum Gasteiger partial charge on any atom is 0.166 e. The van der Waals surface area contributed by atoms with Crippen molar-refractivity contribution in [3.63, 3.8) is 0 Å². The van der Waals surface area contributed by atoms with Crippen molar-refractivity contribution in [3.8, 4) is 0 Å². The van der Waals surface area contributed by atoms with Crippen LogP contribution in [0.1, 0.15) is 37.6 Å². The number of rotatable bonds is 2. The average molecular weight is 271 g/mol. The average Bonchev–Trinajstić information content (AvgIpc) is 3.00. The number of carbonyl (C=O) groups excluding carboxylic acids is 1. The van der Waals surface area contributed by atoms with Gasteiger partial charge in [0.15, 0.2) is 5.78 Å². The number of hydrogen-bond donors (Lipinski definition) is 0. The molecule has 0 spiro atoms. The van der Waals surface area contributed by atoms with E-state index in [2.05, 4.69) is 20.8 Å². The van der Waals surface area contributed by atoms with E-state index in [1.165, 1.54) is 0 Å². The minimum absolute atomic E-state index is 0.159. The van der Waals surface area contributed by atoms with Crippen molar-refractivity contribution < 1.29 is 4.79 Å². The molecule has 1 saturated carbocycles. The second-order valence-electron chi connectivity index (χ2n) is 5.81. The highest BCUT2D eigenvalue weighted by Gasteiger charge is 2.49. The molecule has 1 aliphatic rings. The Labute approximate surface area is 112 Å². The van der Waals surface area contributed by atoms with Crippen molar-refractivity contribution in [2.75, 3.05) is 0 Å². The molecule has 92 valence electrons. The number of halogens is 2. The smallest absolute Gasteiger partial charge is 0.166 e. The predicted molar refractivity (Wildman–Crippen MR) is 71.8 cm³/mol. The summed E-state index contributed by atoms with van der Waals surface area (Å²) in [4.78, 5) is 12.2. The third-order valence-electron chi connectivity index (χ3n) is 3.44. The van der Waals surface area contributed by atoms with E-state index in [-0.39, 0.29) is 17.1 Å². The van der Waals surface area contributed by atoms with Crippen molar-refractivity contribution in [1.82, 2.24) is 0 Å². The minimum atomic E-state index is 0.159. The van der Waals surface area contributed by atoms with Gasteiger partial charge < -0.3 is 0 Å². The molecule has 2 atom stereocenters. The Balaban J connectivity index is 2.15. The SMILES string of the molecule is CC(C)(C)C1CC1C(=O)c1ccc(Cl)c(Cl)c1. The Kier molecular flexibility index (Phi) is 3.26. The predicted octanol–water partition coefficient (Wildman–Crippen LogP) is 4.86. The van der Waals surface area contributed by atoms with Gasteiger partial charge in [0.05, 0.1) is 10.0 Å². The summed E-state index contributed by atoms with van der Waals surface area (Å²) in [5.41, 5.74) is 0.882. The molecule has 1 aliphatic carbocycles. The molecule has 3 heteroatoms. The van der Waals surface area contributed by atoms with Crippen LogP contribution in [0.4, 0.5) is 0 Å². The first-order valence-corrected chi connectivity index (χ1v) is 6.55. The van der Waals surface area contributed by atoms with Gasteiger partial charge in [0.2, 0.25) is 0 Å². The van der Waals surface area contributed by atoms with Crippen LogP contribution in [0.25, 0.3) is 0 Å². The van der Waals surface area contributed by atoms with Crippen LogP contribution in [-0.2, 0) is 0 Å². The zero-order valence-electron chi connectivity index (χ0n) is 10.3. The Bertz CT molecular complexity index is 460. The van der Waals surface area contributed by atoms with Gasteiger partial charge in [0.1, 0.15) is 0 Å².